The van der Waals surface area contributed by atoms with Crippen LogP contribution in [0.3, 0.4) is 0 Å². The lowest BCUT2D eigenvalue weighted by Gasteiger charge is -2.32. The second kappa shape index (κ2) is 9.08. The summed E-state index contributed by atoms with van der Waals surface area (Å²) in [4.78, 5) is 26.4. The fourth-order valence-electron chi connectivity index (χ4n) is 4.34. The number of ether oxygens (including phenoxy) is 1. The molecular weight excluding hydrogens is 463 g/mol. The fraction of sp³-hybridized carbons (Fsp3) is 0.292. The minimum Gasteiger partial charge on any atom is -0.496 e. The molecule has 0 saturated heterocycles. The molecule has 2 aromatic carbocycles. The van der Waals surface area contributed by atoms with Crippen molar-refractivity contribution in [2.75, 3.05) is 12.4 Å². The van der Waals surface area contributed by atoms with Crippen molar-refractivity contribution < 1.29 is 14.3 Å². The van der Waals surface area contributed by atoms with Crippen LogP contribution in [0.2, 0.25) is 10.0 Å². The number of carbonyl (C=O) groups excluding carboxylic acids is 2. The number of aryl methyl sites for hydroxylation is 3. The molecule has 172 valence electrons. The molecule has 2 heterocycles. The van der Waals surface area contributed by atoms with Crippen LogP contribution in [-0.2, 0) is 18.3 Å². The van der Waals surface area contributed by atoms with Gasteiger partial charge in [-0.3, -0.25) is 14.3 Å². The van der Waals surface area contributed by atoms with Gasteiger partial charge in [0.15, 0.2) is 0 Å². The van der Waals surface area contributed by atoms with Crippen molar-refractivity contribution in [3.05, 3.63) is 74.4 Å². The van der Waals surface area contributed by atoms with E-state index < -0.39 is 12.0 Å². The Balaban J connectivity index is 1.77. The van der Waals surface area contributed by atoms with Crippen LogP contribution in [0.4, 0.5) is 5.82 Å². The minimum absolute atomic E-state index is 0.334. The highest BCUT2D eigenvalue weighted by Gasteiger charge is 2.41. The van der Waals surface area contributed by atoms with Gasteiger partial charge >= 0.3 is 0 Å². The molecule has 2 atom stereocenters. The average Bonchev–Trinajstić information content (AvgIpc) is 3.08. The number of aromatic nitrogens is 2. The van der Waals surface area contributed by atoms with Crippen molar-refractivity contribution in [2.45, 2.75) is 32.2 Å². The number of anilines is 1. The van der Waals surface area contributed by atoms with E-state index in [0.717, 1.165) is 22.4 Å². The Kier molecular flexibility index (Phi) is 6.36. The number of halogens is 2. The molecule has 4 rings (SSSR count). The maximum Gasteiger partial charge on any atom is 0.251 e. The van der Waals surface area contributed by atoms with Crippen molar-refractivity contribution in [3.8, 4) is 5.75 Å². The first-order valence-corrected chi connectivity index (χ1v) is 11.3. The summed E-state index contributed by atoms with van der Waals surface area (Å²) in [5.74, 6) is 0.123. The molecule has 0 unspecified atom stereocenters. The SMILES string of the molecule is CCc1cc(C(=O)N[C@@H]2C(=O)Nc3c(c(C)nn3C)[C@H]2c2ccc(Cl)c(Cl)c2)ccc1OC. The maximum atomic E-state index is 13.2. The molecule has 0 bridgehead atoms. The van der Waals surface area contributed by atoms with E-state index >= 15 is 0 Å². The number of amides is 2. The molecule has 9 heteroatoms. The molecule has 0 aliphatic carbocycles. The van der Waals surface area contributed by atoms with E-state index in [2.05, 4.69) is 15.7 Å². The van der Waals surface area contributed by atoms with Crippen LogP contribution in [0.15, 0.2) is 36.4 Å². The van der Waals surface area contributed by atoms with E-state index in [1.165, 1.54) is 0 Å². The van der Waals surface area contributed by atoms with Crippen LogP contribution >= 0.6 is 23.2 Å². The van der Waals surface area contributed by atoms with Crippen molar-refractivity contribution in [1.82, 2.24) is 15.1 Å². The molecule has 2 N–H and O–H groups in total. The van der Waals surface area contributed by atoms with Crippen LogP contribution in [0.5, 0.6) is 5.75 Å². The van der Waals surface area contributed by atoms with E-state index in [0.29, 0.717) is 33.6 Å². The molecule has 7 nitrogen and oxygen atoms in total. The number of nitrogens with one attached hydrogen (secondary N) is 2. The lowest BCUT2D eigenvalue weighted by molar-refractivity contribution is -0.118. The normalized spacial score (nSPS) is 17.3. The van der Waals surface area contributed by atoms with Gasteiger partial charge < -0.3 is 15.4 Å². The van der Waals surface area contributed by atoms with E-state index in [9.17, 15) is 9.59 Å². The molecule has 33 heavy (non-hydrogen) atoms. The second-order valence-electron chi connectivity index (χ2n) is 7.94. The standard InChI is InChI=1S/C24H24Cl2N4O3/c1-5-13-10-15(7-9-18(13)33-4)23(31)27-21-20(14-6-8-16(25)17(26)11-14)19-12(2)29-30(3)22(19)28-24(21)32/h6-11,20-21H,5H2,1-4H3,(H,27,31)(H,28,32)/t20-,21+/m1/s1. The molecule has 3 aromatic rings. The zero-order valence-electron chi connectivity index (χ0n) is 18.7. The molecule has 1 aliphatic heterocycles. The van der Waals surface area contributed by atoms with E-state index in [1.807, 2.05) is 19.9 Å². The summed E-state index contributed by atoms with van der Waals surface area (Å²) in [5, 5.41) is 11.1. The van der Waals surface area contributed by atoms with Crippen LogP contribution in [0.1, 0.15) is 45.6 Å². The van der Waals surface area contributed by atoms with Gasteiger partial charge in [-0.1, -0.05) is 36.2 Å². The largest absolute Gasteiger partial charge is 0.496 e. The van der Waals surface area contributed by atoms with Gasteiger partial charge in [0.05, 0.1) is 22.8 Å². The van der Waals surface area contributed by atoms with Crippen LogP contribution in [0, 0.1) is 6.92 Å². The van der Waals surface area contributed by atoms with Gasteiger partial charge in [-0.25, -0.2) is 0 Å². The lowest BCUT2D eigenvalue weighted by Crippen LogP contribution is -2.50. The van der Waals surface area contributed by atoms with Gasteiger partial charge in [-0.15, -0.1) is 0 Å². The number of nitrogens with zero attached hydrogens (tertiary/aromatic N) is 2. The lowest BCUT2D eigenvalue weighted by atomic mass is 9.82. The van der Waals surface area contributed by atoms with E-state index in [4.69, 9.17) is 27.9 Å². The second-order valence-corrected chi connectivity index (χ2v) is 8.76. The monoisotopic (exact) mass is 486 g/mol. The molecule has 1 aromatic heterocycles. The van der Waals surface area contributed by atoms with Gasteiger partial charge in [0, 0.05) is 24.1 Å². The Labute approximate surface area is 202 Å². The average molecular weight is 487 g/mol. The Morgan fingerprint density at radius 2 is 1.97 bits per heavy atom. The first-order valence-electron chi connectivity index (χ1n) is 10.5. The summed E-state index contributed by atoms with van der Waals surface area (Å²) in [5.41, 5.74) is 3.68. The molecule has 2 amide bonds. The Bertz CT molecular complexity index is 1250. The molecule has 0 saturated carbocycles. The molecule has 0 spiro atoms. The van der Waals surface area contributed by atoms with Crippen LogP contribution < -0.4 is 15.4 Å². The summed E-state index contributed by atoms with van der Waals surface area (Å²) >= 11 is 12.4. The number of methoxy groups -OCH3 is 1. The predicted molar refractivity (Wildman–Crippen MR) is 129 cm³/mol. The number of carbonyl (C=O) groups is 2. The third-order valence-electron chi connectivity index (χ3n) is 5.95. The maximum absolute atomic E-state index is 13.2. The number of fused-ring (bicyclic) bond motifs is 1. The van der Waals surface area contributed by atoms with Gasteiger partial charge in [0.2, 0.25) is 5.91 Å². The first-order chi connectivity index (χ1) is 15.7. The van der Waals surface area contributed by atoms with Gasteiger partial charge in [0.1, 0.15) is 17.6 Å². The molecule has 1 aliphatic rings. The van der Waals surface area contributed by atoms with Crippen molar-refractivity contribution in [2.24, 2.45) is 7.05 Å². The highest BCUT2D eigenvalue weighted by molar-refractivity contribution is 6.42. The van der Waals surface area contributed by atoms with E-state index in [-0.39, 0.29) is 11.8 Å². The summed E-state index contributed by atoms with van der Waals surface area (Å²) in [7, 11) is 3.36. The van der Waals surface area contributed by atoms with Crippen LogP contribution in [-0.4, -0.2) is 34.7 Å². The highest BCUT2D eigenvalue weighted by Crippen LogP contribution is 2.40. The third-order valence-corrected chi connectivity index (χ3v) is 6.69. The van der Waals surface area contributed by atoms with E-state index in [1.54, 1.807) is 49.2 Å². The molecular formula is C24H24Cl2N4O3. The fourth-order valence-corrected chi connectivity index (χ4v) is 4.65. The quantitative estimate of drug-likeness (QED) is 0.556. The first kappa shape index (κ1) is 23.1. The minimum atomic E-state index is -0.877. The number of hydrogen-bond acceptors (Lipinski definition) is 4. The van der Waals surface area contributed by atoms with Crippen LogP contribution in [0.25, 0.3) is 0 Å². The number of benzene rings is 2. The summed E-state index contributed by atoms with van der Waals surface area (Å²) in [6.45, 7) is 3.86. The summed E-state index contributed by atoms with van der Waals surface area (Å²) in [6.07, 6.45) is 0.707. The topological polar surface area (TPSA) is 85.3 Å². The van der Waals surface area contributed by atoms with Crippen molar-refractivity contribution >= 4 is 40.8 Å². The predicted octanol–water partition coefficient (Wildman–Crippen LogP) is 4.49. The Hall–Kier alpha value is -3.03. The summed E-state index contributed by atoms with van der Waals surface area (Å²) < 4.78 is 6.99. The number of rotatable bonds is 5. The zero-order valence-corrected chi connectivity index (χ0v) is 20.2. The zero-order chi connectivity index (χ0) is 23.9. The van der Waals surface area contributed by atoms with Gasteiger partial charge in [-0.05, 0) is 54.8 Å². The highest BCUT2D eigenvalue weighted by atomic mass is 35.5. The van der Waals surface area contributed by atoms with Crippen molar-refractivity contribution in [1.29, 1.82) is 0 Å². The number of hydrogen-bond donors (Lipinski definition) is 2. The smallest absolute Gasteiger partial charge is 0.251 e. The van der Waals surface area contributed by atoms with Gasteiger partial charge in [0.25, 0.3) is 5.91 Å². The van der Waals surface area contributed by atoms with Gasteiger partial charge in [-0.2, -0.15) is 5.10 Å². The Morgan fingerprint density at radius 3 is 2.64 bits per heavy atom. The molecule has 0 fully saturated rings. The molecule has 0 radical (unpaired) electrons. The Morgan fingerprint density at radius 1 is 1.21 bits per heavy atom. The summed E-state index contributed by atoms with van der Waals surface area (Å²) in [6, 6.07) is 9.58. The van der Waals surface area contributed by atoms with Crippen molar-refractivity contribution in [3.63, 3.8) is 0 Å². The third kappa shape index (κ3) is 4.18.